The van der Waals surface area contributed by atoms with Crippen LogP contribution in [0.3, 0.4) is 0 Å². The third kappa shape index (κ3) is 3.87. The lowest BCUT2D eigenvalue weighted by Crippen LogP contribution is -2.28. The van der Waals surface area contributed by atoms with Gasteiger partial charge in [0.1, 0.15) is 11.3 Å². The standard InChI is InChI=1S/C28H27N5O2/c1-18-17-22(25-26(29-18)33-15-6-2-3-9-24(33)31-25)27(34)30-21-12-10-20(11-13-21)28(35)32-16-14-19-7-4-5-8-23(19)32/h4-5,7-8,10-13,17H,2-3,6,9,14-16H2,1H3,(H,30,34). The first-order valence-corrected chi connectivity index (χ1v) is 12.3. The van der Waals surface area contributed by atoms with Gasteiger partial charge in [0, 0.05) is 42.1 Å². The molecule has 2 aliphatic heterocycles. The smallest absolute Gasteiger partial charge is 0.258 e. The summed E-state index contributed by atoms with van der Waals surface area (Å²) in [6.07, 6.45) is 5.18. The Balaban J connectivity index is 1.24. The number of hydrogen-bond donors (Lipinski definition) is 1. The topological polar surface area (TPSA) is 80.1 Å². The molecule has 0 fully saturated rings. The first-order chi connectivity index (χ1) is 17.1. The Bertz CT molecular complexity index is 1450. The number of amides is 2. The van der Waals surface area contributed by atoms with Gasteiger partial charge in [0.15, 0.2) is 5.65 Å². The van der Waals surface area contributed by atoms with Gasteiger partial charge in [0.25, 0.3) is 11.8 Å². The van der Waals surface area contributed by atoms with Crippen LogP contribution >= 0.6 is 0 Å². The summed E-state index contributed by atoms with van der Waals surface area (Å²) in [6.45, 7) is 3.48. The highest BCUT2D eigenvalue weighted by Crippen LogP contribution is 2.29. The molecule has 2 aliphatic rings. The molecule has 0 radical (unpaired) electrons. The molecule has 7 nitrogen and oxygen atoms in total. The number of nitrogens with zero attached hydrogens (tertiary/aromatic N) is 4. The fourth-order valence-corrected chi connectivity index (χ4v) is 5.19. The average Bonchev–Trinajstić information content (AvgIpc) is 3.37. The summed E-state index contributed by atoms with van der Waals surface area (Å²) in [7, 11) is 0. The summed E-state index contributed by atoms with van der Waals surface area (Å²) in [5.41, 5.74) is 6.17. The number of aryl methyl sites for hydroxylation is 3. The van der Waals surface area contributed by atoms with Gasteiger partial charge in [-0.05, 0) is 68.1 Å². The lowest BCUT2D eigenvalue weighted by atomic mass is 10.1. The molecular formula is C28H27N5O2. The molecular weight excluding hydrogens is 438 g/mol. The maximum Gasteiger partial charge on any atom is 0.258 e. The molecule has 0 aliphatic carbocycles. The van der Waals surface area contributed by atoms with Crippen LogP contribution in [-0.4, -0.2) is 32.9 Å². The van der Waals surface area contributed by atoms with Crippen LogP contribution in [0.25, 0.3) is 11.2 Å². The fraction of sp³-hybridized carbons (Fsp3) is 0.286. The highest BCUT2D eigenvalue weighted by atomic mass is 16.2. The van der Waals surface area contributed by atoms with Gasteiger partial charge >= 0.3 is 0 Å². The Morgan fingerprint density at radius 1 is 0.914 bits per heavy atom. The minimum absolute atomic E-state index is 0.0289. The fourth-order valence-electron chi connectivity index (χ4n) is 5.19. The van der Waals surface area contributed by atoms with E-state index in [1.54, 1.807) is 30.3 Å². The monoisotopic (exact) mass is 465 g/mol. The second-order valence-corrected chi connectivity index (χ2v) is 9.34. The van der Waals surface area contributed by atoms with Crippen molar-refractivity contribution in [1.82, 2.24) is 14.5 Å². The zero-order chi connectivity index (χ0) is 23.9. The van der Waals surface area contributed by atoms with E-state index < -0.39 is 0 Å². The first-order valence-electron chi connectivity index (χ1n) is 12.3. The highest BCUT2D eigenvalue weighted by Gasteiger charge is 2.25. The van der Waals surface area contributed by atoms with Crippen molar-refractivity contribution in [2.24, 2.45) is 0 Å². The number of fused-ring (bicyclic) bond motifs is 4. The number of nitrogens with one attached hydrogen (secondary N) is 1. The average molecular weight is 466 g/mol. The summed E-state index contributed by atoms with van der Waals surface area (Å²) in [6, 6.07) is 16.9. The Morgan fingerprint density at radius 3 is 2.60 bits per heavy atom. The van der Waals surface area contributed by atoms with Crippen molar-refractivity contribution in [1.29, 1.82) is 0 Å². The molecule has 0 atom stereocenters. The molecule has 0 saturated heterocycles. The van der Waals surface area contributed by atoms with Gasteiger partial charge in [-0.2, -0.15) is 0 Å². The molecule has 2 amide bonds. The van der Waals surface area contributed by atoms with E-state index in [1.807, 2.05) is 30.0 Å². The molecule has 176 valence electrons. The predicted octanol–water partition coefficient (Wildman–Crippen LogP) is 4.92. The predicted molar refractivity (Wildman–Crippen MR) is 136 cm³/mol. The van der Waals surface area contributed by atoms with E-state index in [0.717, 1.165) is 55.1 Å². The zero-order valence-corrected chi connectivity index (χ0v) is 19.8. The van der Waals surface area contributed by atoms with Crippen LogP contribution in [0, 0.1) is 6.92 Å². The number of carbonyl (C=O) groups excluding carboxylic acids is 2. The maximum atomic E-state index is 13.3. The molecule has 35 heavy (non-hydrogen) atoms. The van der Waals surface area contributed by atoms with Gasteiger partial charge in [0.05, 0.1) is 5.56 Å². The van der Waals surface area contributed by atoms with E-state index in [4.69, 9.17) is 9.97 Å². The number of rotatable bonds is 3. The van der Waals surface area contributed by atoms with Crippen LogP contribution < -0.4 is 10.2 Å². The number of para-hydroxylation sites is 1. The van der Waals surface area contributed by atoms with E-state index in [2.05, 4.69) is 16.0 Å². The second kappa shape index (κ2) is 8.65. The van der Waals surface area contributed by atoms with Crippen molar-refractivity contribution in [3.05, 3.63) is 82.8 Å². The van der Waals surface area contributed by atoms with E-state index in [1.165, 1.54) is 12.0 Å². The van der Waals surface area contributed by atoms with Gasteiger partial charge in [-0.3, -0.25) is 9.59 Å². The largest absolute Gasteiger partial charge is 0.322 e. The molecule has 2 aromatic carbocycles. The molecule has 7 heteroatoms. The van der Waals surface area contributed by atoms with Crippen LogP contribution in [0.4, 0.5) is 11.4 Å². The highest BCUT2D eigenvalue weighted by molar-refractivity contribution is 6.12. The Morgan fingerprint density at radius 2 is 1.74 bits per heavy atom. The lowest BCUT2D eigenvalue weighted by molar-refractivity contribution is 0.0988. The number of benzene rings is 2. The summed E-state index contributed by atoms with van der Waals surface area (Å²) < 4.78 is 2.17. The van der Waals surface area contributed by atoms with Crippen LogP contribution in [0.15, 0.2) is 54.6 Å². The van der Waals surface area contributed by atoms with Crippen LogP contribution in [0.1, 0.15) is 57.1 Å². The molecule has 0 spiro atoms. The zero-order valence-electron chi connectivity index (χ0n) is 19.8. The Labute approximate surface area is 203 Å². The van der Waals surface area contributed by atoms with Crippen molar-refractivity contribution < 1.29 is 9.59 Å². The maximum absolute atomic E-state index is 13.3. The van der Waals surface area contributed by atoms with Crippen molar-refractivity contribution in [2.45, 2.75) is 45.6 Å². The molecule has 4 aromatic rings. The molecule has 1 N–H and O–H groups in total. The number of pyridine rings is 1. The third-order valence-electron chi connectivity index (χ3n) is 6.96. The Kier molecular flexibility index (Phi) is 5.32. The van der Waals surface area contributed by atoms with E-state index in [0.29, 0.717) is 28.9 Å². The SMILES string of the molecule is Cc1cc(C(=O)Nc2ccc(C(=O)N3CCc4ccccc43)cc2)c2nc3n(c2n1)CCCCC3. The summed E-state index contributed by atoms with van der Waals surface area (Å²) in [5, 5.41) is 2.98. The first kappa shape index (κ1) is 21.5. The Hall–Kier alpha value is -4.00. The van der Waals surface area contributed by atoms with Gasteiger partial charge in [-0.1, -0.05) is 24.6 Å². The van der Waals surface area contributed by atoms with Gasteiger partial charge in [0.2, 0.25) is 0 Å². The van der Waals surface area contributed by atoms with Crippen molar-refractivity contribution >= 4 is 34.4 Å². The summed E-state index contributed by atoms with van der Waals surface area (Å²) >= 11 is 0. The molecule has 0 unspecified atom stereocenters. The molecule has 0 saturated carbocycles. The molecule has 0 bridgehead atoms. The van der Waals surface area contributed by atoms with E-state index in [-0.39, 0.29) is 11.8 Å². The molecule has 4 heterocycles. The third-order valence-corrected chi connectivity index (χ3v) is 6.96. The molecule has 6 rings (SSSR count). The number of carbonyl (C=O) groups is 2. The quantitative estimate of drug-likeness (QED) is 0.466. The van der Waals surface area contributed by atoms with Crippen LogP contribution in [0.5, 0.6) is 0 Å². The summed E-state index contributed by atoms with van der Waals surface area (Å²) in [4.78, 5) is 37.7. The van der Waals surface area contributed by atoms with Crippen molar-refractivity contribution in [2.75, 3.05) is 16.8 Å². The minimum Gasteiger partial charge on any atom is -0.322 e. The van der Waals surface area contributed by atoms with E-state index >= 15 is 0 Å². The summed E-state index contributed by atoms with van der Waals surface area (Å²) in [5.74, 6) is 0.760. The van der Waals surface area contributed by atoms with E-state index in [9.17, 15) is 9.59 Å². The number of imidazole rings is 1. The molecule has 2 aromatic heterocycles. The van der Waals surface area contributed by atoms with Crippen LogP contribution in [-0.2, 0) is 19.4 Å². The normalized spacial score (nSPS) is 14.9. The van der Waals surface area contributed by atoms with Gasteiger partial charge in [-0.15, -0.1) is 0 Å². The second-order valence-electron chi connectivity index (χ2n) is 9.34. The van der Waals surface area contributed by atoms with Crippen molar-refractivity contribution in [3.63, 3.8) is 0 Å². The number of anilines is 2. The minimum atomic E-state index is -0.221. The van der Waals surface area contributed by atoms with Crippen molar-refractivity contribution in [3.8, 4) is 0 Å². The van der Waals surface area contributed by atoms with Gasteiger partial charge < -0.3 is 14.8 Å². The number of hydrogen-bond acceptors (Lipinski definition) is 4. The number of aromatic nitrogens is 3. The van der Waals surface area contributed by atoms with Gasteiger partial charge in [-0.25, -0.2) is 9.97 Å². The lowest BCUT2D eigenvalue weighted by Gasteiger charge is -2.17. The van der Waals surface area contributed by atoms with Crippen LogP contribution in [0.2, 0.25) is 0 Å².